The van der Waals surface area contributed by atoms with Gasteiger partial charge in [-0.25, -0.2) is 28.1 Å². The van der Waals surface area contributed by atoms with Crippen LogP contribution >= 0.6 is 0 Å². The van der Waals surface area contributed by atoms with Crippen molar-refractivity contribution in [3.8, 4) is 0 Å². The van der Waals surface area contributed by atoms with Crippen LogP contribution in [0.5, 0.6) is 0 Å². The number of pyridine rings is 1. The Morgan fingerprint density at radius 2 is 2.00 bits per heavy atom. The fourth-order valence-corrected chi connectivity index (χ4v) is 4.34. The maximum atomic E-state index is 12.6. The molecule has 180 valence electrons. The molecular formula is C21H34N4O6S. The first-order valence-electron chi connectivity index (χ1n) is 10.5. The molecule has 2 atom stereocenters. The highest BCUT2D eigenvalue weighted by atomic mass is 32.2. The number of sulfonamides is 1. The lowest BCUT2D eigenvalue weighted by Gasteiger charge is -2.33. The van der Waals surface area contributed by atoms with Gasteiger partial charge in [-0.1, -0.05) is 6.07 Å². The predicted molar refractivity (Wildman–Crippen MR) is 119 cm³/mol. The Labute approximate surface area is 189 Å². The Kier molecular flexibility index (Phi) is 7.77. The van der Waals surface area contributed by atoms with Crippen molar-refractivity contribution in [2.24, 2.45) is 11.1 Å². The number of hydrogen-bond acceptors (Lipinski definition) is 8. The van der Waals surface area contributed by atoms with Gasteiger partial charge in [-0.15, -0.1) is 0 Å². The Bertz CT molecular complexity index is 942. The molecule has 0 bridgehead atoms. The summed E-state index contributed by atoms with van der Waals surface area (Å²) in [6.07, 6.45) is 1.47. The predicted octanol–water partition coefficient (Wildman–Crippen LogP) is 2.50. The molecule has 2 heterocycles. The Hall–Kier alpha value is -2.40. The summed E-state index contributed by atoms with van der Waals surface area (Å²) in [5.41, 5.74) is -0.948. The van der Waals surface area contributed by atoms with Crippen LogP contribution in [0.2, 0.25) is 0 Å². The van der Waals surface area contributed by atoms with E-state index in [1.54, 1.807) is 11.0 Å². The van der Waals surface area contributed by atoms with Crippen LogP contribution in [0.15, 0.2) is 23.2 Å². The molecule has 0 aliphatic carbocycles. The summed E-state index contributed by atoms with van der Waals surface area (Å²) in [4.78, 5) is 30.6. The van der Waals surface area contributed by atoms with Crippen LogP contribution < -0.4 is 10.5 Å². The third-order valence-corrected chi connectivity index (χ3v) is 6.07. The number of rotatable bonds is 7. The minimum atomic E-state index is -3.97. The second-order valence-corrected chi connectivity index (χ2v) is 11.2. The average molecular weight is 471 g/mol. The number of methoxy groups -OCH3 is 1. The fraction of sp³-hybridized carbons (Fsp3) is 0.667. The highest BCUT2D eigenvalue weighted by molar-refractivity contribution is 7.89. The zero-order valence-electron chi connectivity index (χ0n) is 19.5. The number of hydrogen-bond donors (Lipinski definition) is 2. The highest BCUT2D eigenvalue weighted by Gasteiger charge is 2.43. The fourth-order valence-electron chi connectivity index (χ4n) is 3.84. The number of nitrogens with one attached hydrogen (secondary N) is 1. The van der Waals surface area contributed by atoms with E-state index in [-0.39, 0.29) is 28.4 Å². The van der Waals surface area contributed by atoms with Crippen molar-refractivity contribution in [2.75, 3.05) is 19.0 Å². The number of likely N-dealkylation sites (tertiary alicyclic amines) is 1. The zero-order chi connectivity index (χ0) is 24.3. The van der Waals surface area contributed by atoms with Gasteiger partial charge in [-0.05, 0) is 71.9 Å². The van der Waals surface area contributed by atoms with Crippen molar-refractivity contribution >= 4 is 27.9 Å². The Morgan fingerprint density at radius 1 is 1.34 bits per heavy atom. The highest BCUT2D eigenvalue weighted by Crippen LogP contribution is 2.36. The number of aromatic nitrogens is 1. The van der Waals surface area contributed by atoms with Gasteiger partial charge >= 0.3 is 12.1 Å². The summed E-state index contributed by atoms with van der Waals surface area (Å²) in [6, 6.07) is 3.58. The molecule has 1 saturated heterocycles. The van der Waals surface area contributed by atoms with E-state index in [4.69, 9.17) is 14.6 Å². The van der Waals surface area contributed by atoms with Gasteiger partial charge in [0.2, 0.25) is 0 Å². The second kappa shape index (κ2) is 9.62. The number of nitrogens with two attached hydrogens (primary N) is 1. The van der Waals surface area contributed by atoms with Crippen molar-refractivity contribution in [1.82, 2.24) is 9.88 Å². The number of amides is 1. The largest absolute Gasteiger partial charge is 0.467 e. The van der Waals surface area contributed by atoms with Crippen molar-refractivity contribution in [3.63, 3.8) is 0 Å². The molecule has 1 fully saturated rings. The van der Waals surface area contributed by atoms with Crippen molar-refractivity contribution in [2.45, 2.75) is 76.1 Å². The molecule has 0 spiro atoms. The SMILES string of the molecule is COC(=O)C(CCC1CN(C(=O)OC(C)(C)C)C(C)(C)C1)Nc1cccc(S(N)(=O)=O)n1. The van der Waals surface area contributed by atoms with Crippen LogP contribution in [-0.4, -0.2) is 61.2 Å². The molecule has 11 heteroatoms. The first-order valence-corrected chi connectivity index (χ1v) is 12.0. The lowest BCUT2D eigenvalue weighted by Crippen LogP contribution is -2.45. The monoisotopic (exact) mass is 470 g/mol. The number of esters is 1. The van der Waals surface area contributed by atoms with Gasteiger partial charge in [0.15, 0.2) is 5.03 Å². The lowest BCUT2D eigenvalue weighted by atomic mass is 9.92. The number of carbonyl (C=O) groups excluding carboxylic acids is 2. The van der Waals surface area contributed by atoms with Gasteiger partial charge in [0, 0.05) is 12.1 Å². The van der Waals surface area contributed by atoms with E-state index >= 15 is 0 Å². The van der Waals surface area contributed by atoms with Crippen molar-refractivity contribution < 1.29 is 27.5 Å². The van der Waals surface area contributed by atoms with Gasteiger partial charge in [0.05, 0.1) is 7.11 Å². The number of carbonyl (C=O) groups is 2. The van der Waals surface area contributed by atoms with E-state index in [2.05, 4.69) is 10.3 Å². The van der Waals surface area contributed by atoms with Crippen LogP contribution in [-0.2, 0) is 24.3 Å². The summed E-state index contributed by atoms with van der Waals surface area (Å²) in [5, 5.41) is 7.78. The Balaban J connectivity index is 2.07. The first kappa shape index (κ1) is 25.9. The second-order valence-electron chi connectivity index (χ2n) is 9.68. The molecule has 3 N–H and O–H groups in total. The molecule has 1 amide bonds. The molecule has 2 unspecified atom stereocenters. The molecule has 1 aromatic heterocycles. The van der Waals surface area contributed by atoms with E-state index in [1.807, 2.05) is 34.6 Å². The maximum Gasteiger partial charge on any atom is 0.410 e. The summed E-state index contributed by atoms with van der Waals surface area (Å²) >= 11 is 0. The van der Waals surface area contributed by atoms with E-state index in [0.717, 1.165) is 6.42 Å². The van der Waals surface area contributed by atoms with Crippen molar-refractivity contribution in [3.05, 3.63) is 18.2 Å². The van der Waals surface area contributed by atoms with Gasteiger partial charge < -0.3 is 19.7 Å². The van der Waals surface area contributed by atoms with Gasteiger partial charge in [-0.2, -0.15) is 0 Å². The van der Waals surface area contributed by atoms with Crippen LogP contribution in [0.4, 0.5) is 10.6 Å². The van der Waals surface area contributed by atoms with Crippen LogP contribution in [0, 0.1) is 5.92 Å². The van der Waals surface area contributed by atoms with Crippen LogP contribution in [0.3, 0.4) is 0 Å². The number of primary sulfonamides is 1. The van der Waals surface area contributed by atoms with Crippen LogP contribution in [0.1, 0.15) is 53.9 Å². The summed E-state index contributed by atoms with van der Waals surface area (Å²) < 4.78 is 33.5. The molecule has 1 aliphatic rings. The molecule has 2 rings (SSSR count). The zero-order valence-corrected chi connectivity index (χ0v) is 20.4. The normalized spacial score (nSPS) is 19.3. The molecule has 0 aromatic carbocycles. The van der Waals surface area contributed by atoms with Crippen molar-refractivity contribution in [1.29, 1.82) is 0 Å². The average Bonchev–Trinajstić information content (AvgIpc) is 2.97. The topological polar surface area (TPSA) is 141 Å². The summed E-state index contributed by atoms with van der Waals surface area (Å²) in [6.45, 7) is 10.0. The molecule has 1 aliphatic heterocycles. The third kappa shape index (κ3) is 7.06. The van der Waals surface area contributed by atoms with E-state index in [9.17, 15) is 18.0 Å². The maximum absolute atomic E-state index is 12.6. The molecule has 10 nitrogen and oxygen atoms in total. The van der Waals surface area contributed by atoms with Gasteiger partial charge in [-0.3, -0.25) is 0 Å². The quantitative estimate of drug-likeness (QED) is 0.579. The Morgan fingerprint density at radius 3 is 2.56 bits per heavy atom. The van der Waals surface area contributed by atoms with Crippen LogP contribution in [0.25, 0.3) is 0 Å². The number of anilines is 1. The van der Waals surface area contributed by atoms with Gasteiger partial charge in [0.25, 0.3) is 10.0 Å². The third-order valence-electron chi connectivity index (χ3n) is 5.26. The smallest absolute Gasteiger partial charge is 0.410 e. The lowest BCUT2D eigenvalue weighted by molar-refractivity contribution is -0.141. The van der Waals surface area contributed by atoms with E-state index in [0.29, 0.717) is 19.4 Å². The minimum absolute atomic E-state index is 0.162. The first-order chi connectivity index (χ1) is 14.6. The summed E-state index contributed by atoms with van der Waals surface area (Å²) in [7, 11) is -2.68. The number of ether oxygens (including phenoxy) is 2. The minimum Gasteiger partial charge on any atom is -0.467 e. The molecule has 0 radical (unpaired) electrons. The molecule has 1 aromatic rings. The molecule has 0 saturated carbocycles. The van der Waals surface area contributed by atoms with Gasteiger partial charge in [0.1, 0.15) is 17.5 Å². The standard InChI is InChI=1S/C21H34N4O6S/c1-20(2,3)31-19(27)25-13-14(12-21(25,4)5)10-11-15(18(26)30-6)23-16-8-7-9-17(24-16)32(22,28)29/h7-9,14-15H,10-13H2,1-6H3,(H,23,24)(H2,22,28,29). The van der Waals surface area contributed by atoms with E-state index < -0.39 is 27.6 Å². The molecule has 32 heavy (non-hydrogen) atoms. The summed E-state index contributed by atoms with van der Waals surface area (Å²) in [5.74, 6) is -0.127. The molecular weight excluding hydrogens is 436 g/mol. The number of nitrogens with zero attached hydrogens (tertiary/aromatic N) is 2. The van der Waals surface area contributed by atoms with E-state index in [1.165, 1.54) is 19.2 Å².